The molecule has 2 N–H and O–H groups in total. The van der Waals surface area contributed by atoms with Gasteiger partial charge in [-0.2, -0.15) is 0 Å². The number of alkyl halides is 3. The Kier molecular flexibility index (Phi) is 3.70. The molecule has 1 aromatic carbocycles. The van der Waals surface area contributed by atoms with Crippen molar-refractivity contribution < 1.29 is 32.9 Å². The molecule has 0 aliphatic rings. The molecule has 0 aliphatic heterocycles. The van der Waals surface area contributed by atoms with Gasteiger partial charge in [0.1, 0.15) is 11.5 Å². The maximum atomic E-state index is 12.3. The van der Waals surface area contributed by atoms with E-state index in [0.29, 0.717) is 0 Å². The zero-order valence-corrected chi connectivity index (χ0v) is 10.3. The van der Waals surface area contributed by atoms with Crippen LogP contribution in [0.1, 0.15) is 10.5 Å². The maximum Gasteiger partial charge on any atom is 0.573 e. The minimum atomic E-state index is -4.87. The van der Waals surface area contributed by atoms with Gasteiger partial charge in [0.05, 0.1) is 0 Å². The summed E-state index contributed by atoms with van der Waals surface area (Å²) < 4.78 is 40.8. The molecule has 0 amide bonds. The fraction of sp³-hybridized carbons (Fsp3) is 0.0769. The number of halogens is 3. The molecule has 2 rings (SSSR count). The molecular weight excluding hydrogens is 291 g/mol. The molecule has 5 nitrogen and oxygen atoms in total. The van der Waals surface area contributed by atoms with Crippen LogP contribution < -0.4 is 4.74 Å². The van der Waals surface area contributed by atoms with E-state index in [9.17, 15) is 23.1 Å². The van der Waals surface area contributed by atoms with Crippen LogP contribution in [0.5, 0.6) is 11.5 Å². The average Bonchev–Trinajstić information content (AvgIpc) is 2.36. The Morgan fingerprint density at radius 2 is 1.90 bits per heavy atom. The number of aromatic nitrogens is 1. The number of ether oxygens (including phenoxy) is 1. The Bertz CT molecular complexity index is 685. The molecule has 0 aliphatic carbocycles. The number of carboxylic acid groups (broad SMARTS) is 1. The second-order valence-corrected chi connectivity index (χ2v) is 3.94. The summed E-state index contributed by atoms with van der Waals surface area (Å²) in [5.74, 6) is -2.57. The van der Waals surface area contributed by atoms with Crippen molar-refractivity contribution in [1.82, 2.24) is 4.98 Å². The highest BCUT2D eigenvalue weighted by Crippen LogP contribution is 2.34. The summed E-state index contributed by atoms with van der Waals surface area (Å²) in [4.78, 5) is 14.2. The normalized spacial score (nSPS) is 11.2. The molecule has 0 unspecified atom stereocenters. The van der Waals surface area contributed by atoms with Crippen molar-refractivity contribution in [1.29, 1.82) is 0 Å². The standard InChI is InChI=1S/C13H8F3NO4/c14-13(15,16)21-10-4-2-1-3-8(10)7-5-9(18)11(12(19)20)17-6-7/h1-6,18H,(H,19,20). The molecule has 0 fully saturated rings. The molecule has 0 radical (unpaired) electrons. The summed E-state index contributed by atoms with van der Waals surface area (Å²) in [6.45, 7) is 0. The Labute approximate surface area is 116 Å². The molecule has 2 aromatic rings. The van der Waals surface area contributed by atoms with Crippen molar-refractivity contribution >= 4 is 5.97 Å². The van der Waals surface area contributed by atoms with E-state index in [4.69, 9.17) is 5.11 Å². The first-order valence-corrected chi connectivity index (χ1v) is 5.55. The second-order valence-electron chi connectivity index (χ2n) is 3.94. The van der Waals surface area contributed by atoms with Crippen molar-refractivity contribution in [3.8, 4) is 22.6 Å². The lowest BCUT2D eigenvalue weighted by Gasteiger charge is -2.13. The number of carboxylic acids is 1. The van der Waals surface area contributed by atoms with E-state index in [1.54, 1.807) is 0 Å². The molecule has 110 valence electrons. The highest BCUT2D eigenvalue weighted by atomic mass is 19.4. The minimum absolute atomic E-state index is 0.0227. The molecule has 0 bridgehead atoms. The van der Waals surface area contributed by atoms with Crippen molar-refractivity contribution in [2.75, 3.05) is 0 Å². The van der Waals surface area contributed by atoms with Gasteiger partial charge in [0.15, 0.2) is 5.69 Å². The van der Waals surface area contributed by atoms with Gasteiger partial charge >= 0.3 is 12.3 Å². The number of nitrogens with zero attached hydrogens (tertiary/aromatic N) is 1. The van der Waals surface area contributed by atoms with Gasteiger partial charge in [0.25, 0.3) is 0 Å². The number of aromatic hydroxyl groups is 1. The fourth-order valence-corrected chi connectivity index (χ4v) is 1.68. The topological polar surface area (TPSA) is 79.7 Å². The largest absolute Gasteiger partial charge is 0.573 e. The summed E-state index contributed by atoms with van der Waals surface area (Å²) in [5, 5.41) is 18.3. The summed E-state index contributed by atoms with van der Waals surface area (Å²) in [5.41, 5.74) is -0.472. The van der Waals surface area contributed by atoms with E-state index in [-0.39, 0.29) is 11.1 Å². The van der Waals surface area contributed by atoms with Crippen LogP contribution in [0.15, 0.2) is 36.5 Å². The highest BCUT2D eigenvalue weighted by molar-refractivity contribution is 5.89. The van der Waals surface area contributed by atoms with Crippen LogP contribution >= 0.6 is 0 Å². The summed E-state index contributed by atoms with van der Waals surface area (Å²) in [6, 6.07) is 6.27. The third-order valence-corrected chi connectivity index (χ3v) is 2.49. The first kappa shape index (κ1) is 14.6. The molecule has 1 heterocycles. The zero-order valence-electron chi connectivity index (χ0n) is 10.3. The van der Waals surface area contributed by atoms with Crippen LogP contribution in [0.3, 0.4) is 0 Å². The lowest BCUT2D eigenvalue weighted by Crippen LogP contribution is -2.17. The first-order chi connectivity index (χ1) is 9.78. The smallest absolute Gasteiger partial charge is 0.505 e. The Morgan fingerprint density at radius 3 is 2.48 bits per heavy atom. The van der Waals surface area contributed by atoms with Crippen LogP contribution in [-0.4, -0.2) is 27.5 Å². The molecule has 0 spiro atoms. The number of para-hydroxylation sites is 1. The van der Waals surface area contributed by atoms with Crippen LogP contribution in [-0.2, 0) is 0 Å². The molecule has 0 atom stereocenters. The molecular formula is C13H8F3NO4. The number of hydrogen-bond donors (Lipinski definition) is 2. The van der Waals surface area contributed by atoms with Crippen LogP contribution in [0.25, 0.3) is 11.1 Å². The number of pyridine rings is 1. The van der Waals surface area contributed by atoms with Gasteiger partial charge in [-0.05, 0) is 12.1 Å². The summed E-state index contributed by atoms with van der Waals surface area (Å²) in [7, 11) is 0. The zero-order chi connectivity index (χ0) is 15.6. The molecule has 8 heteroatoms. The number of aromatic carboxylic acids is 1. The van der Waals surface area contributed by atoms with E-state index < -0.39 is 29.5 Å². The maximum absolute atomic E-state index is 12.3. The summed E-state index contributed by atoms with van der Waals surface area (Å²) >= 11 is 0. The monoisotopic (exact) mass is 299 g/mol. The molecule has 1 aromatic heterocycles. The van der Waals surface area contributed by atoms with Gasteiger partial charge in [-0.3, -0.25) is 0 Å². The third kappa shape index (κ3) is 3.41. The van der Waals surface area contributed by atoms with Gasteiger partial charge in [0, 0.05) is 17.3 Å². The van der Waals surface area contributed by atoms with Crippen molar-refractivity contribution in [2.45, 2.75) is 6.36 Å². The van der Waals surface area contributed by atoms with Crippen LogP contribution in [0.4, 0.5) is 13.2 Å². The molecule has 0 saturated heterocycles. The van der Waals surface area contributed by atoms with Crippen molar-refractivity contribution in [3.05, 3.63) is 42.2 Å². The predicted molar refractivity (Wildman–Crippen MR) is 65.0 cm³/mol. The lowest BCUT2D eigenvalue weighted by molar-refractivity contribution is -0.274. The lowest BCUT2D eigenvalue weighted by atomic mass is 10.1. The van der Waals surface area contributed by atoms with Gasteiger partial charge in [-0.15, -0.1) is 13.2 Å². The molecule has 21 heavy (non-hydrogen) atoms. The Morgan fingerprint density at radius 1 is 1.24 bits per heavy atom. The van der Waals surface area contributed by atoms with Gasteiger partial charge in [-0.25, -0.2) is 9.78 Å². The van der Waals surface area contributed by atoms with E-state index in [2.05, 4.69) is 9.72 Å². The van der Waals surface area contributed by atoms with Gasteiger partial charge < -0.3 is 14.9 Å². The summed E-state index contributed by atoms with van der Waals surface area (Å²) in [6.07, 6.45) is -3.83. The average molecular weight is 299 g/mol. The number of hydrogen-bond acceptors (Lipinski definition) is 4. The van der Waals surface area contributed by atoms with E-state index in [0.717, 1.165) is 18.3 Å². The Balaban J connectivity index is 2.47. The number of carbonyl (C=O) groups is 1. The Hall–Kier alpha value is -2.77. The molecule has 0 saturated carbocycles. The fourth-order valence-electron chi connectivity index (χ4n) is 1.68. The SMILES string of the molecule is O=C(O)c1ncc(-c2ccccc2OC(F)(F)F)cc1O. The predicted octanol–water partition coefficient (Wildman–Crippen LogP) is 3.05. The van der Waals surface area contributed by atoms with Crippen molar-refractivity contribution in [3.63, 3.8) is 0 Å². The third-order valence-electron chi connectivity index (χ3n) is 2.49. The highest BCUT2D eigenvalue weighted by Gasteiger charge is 2.32. The van der Waals surface area contributed by atoms with Crippen LogP contribution in [0, 0.1) is 0 Å². The van der Waals surface area contributed by atoms with E-state index in [1.165, 1.54) is 18.2 Å². The van der Waals surface area contributed by atoms with Gasteiger partial charge in [-0.1, -0.05) is 18.2 Å². The van der Waals surface area contributed by atoms with E-state index >= 15 is 0 Å². The minimum Gasteiger partial charge on any atom is -0.505 e. The number of rotatable bonds is 3. The van der Waals surface area contributed by atoms with E-state index in [1.807, 2.05) is 0 Å². The van der Waals surface area contributed by atoms with Crippen molar-refractivity contribution in [2.24, 2.45) is 0 Å². The number of benzene rings is 1. The van der Waals surface area contributed by atoms with Gasteiger partial charge in [0.2, 0.25) is 0 Å². The second kappa shape index (κ2) is 5.31. The quantitative estimate of drug-likeness (QED) is 0.910. The van der Waals surface area contributed by atoms with Crippen LogP contribution in [0.2, 0.25) is 0 Å². The first-order valence-electron chi connectivity index (χ1n) is 5.55.